The van der Waals surface area contributed by atoms with Crippen molar-refractivity contribution in [2.45, 2.75) is 65.7 Å². The second-order valence-corrected chi connectivity index (χ2v) is 7.68. The Morgan fingerprint density at radius 2 is 1.34 bits per heavy atom. The van der Waals surface area contributed by atoms with E-state index in [0.29, 0.717) is 0 Å². The summed E-state index contributed by atoms with van der Waals surface area (Å²) in [6, 6.07) is 17.2. The van der Waals surface area contributed by atoms with E-state index in [1.54, 1.807) is 0 Å². The van der Waals surface area contributed by atoms with Crippen molar-refractivity contribution in [1.82, 2.24) is 0 Å². The quantitative estimate of drug-likeness (QED) is 0.289. The zero-order chi connectivity index (χ0) is 19.9. The third kappa shape index (κ3) is 5.54. The molecule has 0 saturated carbocycles. The van der Waals surface area contributed by atoms with Crippen molar-refractivity contribution in [2.75, 3.05) is 0 Å². The predicted octanol–water partition coefficient (Wildman–Crippen LogP) is 7.58. The molecule has 2 aromatic rings. The monoisotopic (exact) mass is 430 g/mol. The molecule has 3 heteroatoms. The van der Waals surface area contributed by atoms with E-state index in [9.17, 15) is 5.53 Å². The van der Waals surface area contributed by atoms with Gasteiger partial charge in [-0.2, -0.15) is 0 Å². The van der Waals surface area contributed by atoms with E-state index in [-0.39, 0.29) is 16.5 Å². The topological polar surface area (TPSA) is 25.3 Å². The molecule has 1 heterocycles. The number of benzene rings is 2. The standard InChI is InChI=1S/C26H32N2.Ni/c1-4-7-11-20-13-9-15-23(17-20)25-19-22(6-3)26(28(25)27)24-16-10-14-21(18-24)12-8-5-2;/h9-10,13-19H,4-8,11-12H2,1-3H3;. The number of aryl methyl sites for hydroxylation is 2. The first-order valence-corrected chi connectivity index (χ1v) is 10.8. The summed E-state index contributed by atoms with van der Waals surface area (Å²) >= 11 is 0. The van der Waals surface area contributed by atoms with Crippen LogP contribution in [-0.4, -0.2) is 4.70 Å². The molecule has 0 unspecified atom stereocenters. The van der Waals surface area contributed by atoms with Crippen molar-refractivity contribution in [2.24, 2.45) is 0 Å². The van der Waals surface area contributed by atoms with Gasteiger partial charge in [0, 0.05) is 39.3 Å². The van der Waals surface area contributed by atoms with Gasteiger partial charge in [0.15, 0.2) is 0 Å². The van der Waals surface area contributed by atoms with Gasteiger partial charge < -0.3 is 5.53 Å². The van der Waals surface area contributed by atoms with Crippen LogP contribution in [-0.2, 0) is 29.3 Å². The van der Waals surface area contributed by atoms with Gasteiger partial charge >= 0.3 is 0 Å². The average molecular weight is 431 g/mol. The zero-order valence-corrected chi connectivity index (χ0v) is 18.8. The maximum Gasteiger partial charge on any atom is 0.210 e. The van der Waals surface area contributed by atoms with Crippen LogP contribution in [0.4, 0.5) is 0 Å². The Hall–Kier alpha value is -1.99. The summed E-state index contributed by atoms with van der Waals surface area (Å²) in [7, 11) is 0. The van der Waals surface area contributed by atoms with E-state index >= 15 is 0 Å². The molecule has 0 fully saturated rings. The Balaban J connectivity index is 0.00000300. The molecule has 0 aromatic heterocycles. The number of unbranched alkanes of at least 4 members (excludes halogenated alkanes) is 2. The van der Waals surface area contributed by atoms with Gasteiger partial charge in [-0.25, -0.2) is 4.70 Å². The van der Waals surface area contributed by atoms with Crippen molar-refractivity contribution >= 4 is 11.4 Å². The van der Waals surface area contributed by atoms with Gasteiger partial charge in [-0.15, -0.1) is 0 Å². The Kier molecular flexibility index (Phi) is 9.05. The van der Waals surface area contributed by atoms with Crippen LogP contribution in [0.2, 0.25) is 0 Å². The molecule has 1 aliphatic heterocycles. The molecular weight excluding hydrogens is 399 g/mol. The van der Waals surface area contributed by atoms with Crippen LogP contribution >= 0.6 is 0 Å². The molecule has 2 nitrogen and oxygen atoms in total. The van der Waals surface area contributed by atoms with Crippen molar-refractivity contribution in [3.63, 3.8) is 0 Å². The summed E-state index contributed by atoms with van der Waals surface area (Å²) in [5.74, 6) is 0. The van der Waals surface area contributed by atoms with Crippen LogP contribution in [0.5, 0.6) is 0 Å². The van der Waals surface area contributed by atoms with Crippen LogP contribution in [0.15, 0.2) is 60.2 Å². The number of allylic oxidation sites excluding steroid dienone is 2. The molecule has 0 bridgehead atoms. The van der Waals surface area contributed by atoms with Gasteiger partial charge in [0.25, 0.3) is 0 Å². The summed E-state index contributed by atoms with van der Waals surface area (Å²) in [4.78, 5) is 0. The van der Waals surface area contributed by atoms with E-state index in [1.165, 1.54) is 47.1 Å². The molecule has 29 heavy (non-hydrogen) atoms. The van der Waals surface area contributed by atoms with E-state index in [4.69, 9.17) is 0 Å². The minimum Gasteiger partial charge on any atom is -0.493 e. The molecule has 0 atom stereocenters. The first-order chi connectivity index (χ1) is 13.7. The Morgan fingerprint density at radius 1 is 0.793 bits per heavy atom. The van der Waals surface area contributed by atoms with Crippen molar-refractivity contribution in [1.29, 1.82) is 0 Å². The largest absolute Gasteiger partial charge is 0.493 e. The molecule has 2 aromatic carbocycles. The Bertz CT molecular complexity index is 908. The third-order valence-corrected chi connectivity index (χ3v) is 5.50. The number of rotatable bonds is 9. The van der Waals surface area contributed by atoms with Crippen molar-refractivity contribution in [3.8, 4) is 0 Å². The fourth-order valence-corrected chi connectivity index (χ4v) is 3.86. The van der Waals surface area contributed by atoms with E-state index in [2.05, 4.69) is 75.4 Å². The molecule has 3 rings (SSSR count). The molecule has 156 valence electrons. The minimum atomic E-state index is 0. The fourth-order valence-electron chi connectivity index (χ4n) is 3.86. The van der Waals surface area contributed by atoms with Crippen molar-refractivity contribution < 1.29 is 21.2 Å². The van der Waals surface area contributed by atoms with Gasteiger partial charge in [0.2, 0.25) is 11.4 Å². The number of hydrogen-bond acceptors (Lipinski definition) is 0. The molecule has 0 N–H and O–H groups in total. The van der Waals surface area contributed by atoms with E-state index in [1.807, 2.05) is 0 Å². The van der Waals surface area contributed by atoms with Gasteiger partial charge in [0.1, 0.15) is 0 Å². The molecule has 0 spiro atoms. The number of hydrogen-bond donors (Lipinski definition) is 0. The average Bonchev–Trinajstić information content (AvgIpc) is 3.07. The SMILES string of the molecule is CCCCc1cccc(C2=CC(CC)=C(c3cccc(CCCC)c3)[N+]2=[N-])c1.[Ni]. The molecule has 0 amide bonds. The summed E-state index contributed by atoms with van der Waals surface area (Å²) in [5.41, 5.74) is 18.9. The molecule has 1 aliphatic rings. The minimum absolute atomic E-state index is 0. The first-order valence-electron chi connectivity index (χ1n) is 10.8. The van der Waals surface area contributed by atoms with Crippen LogP contribution < -0.4 is 0 Å². The van der Waals surface area contributed by atoms with E-state index in [0.717, 1.165) is 41.8 Å². The zero-order valence-electron chi connectivity index (χ0n) is 17.9. The van der Waals surface area contributed by atoms with Crippen LogP contribution in [0.3, 0.4) is 0 Å². The fraction of sp³-hybridized carbons (Fsp3) is 0.385. The summed E-state index contributed by atoms with van der Waals surface area (Å²) in [6.45, 7) is 6.59. The maximum atomic E-state index is 11.1. The maximum absolute atomic E-state index is 11.1. The third-order valence-electron chi connectivity index (χ3n) is 5.50. The van der Waals surface area contributed by atoms with Gasteiger partial charge in [0.05, 0.1) is 0 Å². The Morgan fingerprint density at radius 3 is 1.90 bits per heavy atom. The summed E-state index contributed by atoms with van der Waals surface area (Å²) in [6.07, 6.45) is 9.99. The second kappa shape index (κ2) is 11.3. The summed E-state index contributed by atoms with van der Waals surface area (Å²) in [5, 5.41) is 0. The van der Waals surface area contributed by atoms with Gasteiger partial charge in [-0.1, -0.05) is 57.9 Å². The van der Waals surface area contributed by atoms with E-state index < -0.39 is 0 Å². The molecule has 0 aliphatic carbocycles. The first kappa shape index (κ1) is 23.3. The Labute approximate surface area is 186 Å². The second-order valence-electron chi connectivity index (χ2n) is 7.68. The normalized spacial score (nSPS) is 13.5. The molecular formula is C26H32N2Ni. The smallest absolute Gasteiger partial charge is 0.210 e. The molecule has 0 radical (unpaired) electrons. The van der Waals surface area contributed by atoms with Crippen LogP contribution in [0, 0.1) is 0 Å². The van der Waals surface area contributed by atoms with Gasteiger partial charge in [-0.05, 0) is 67.5 Å². The van der Waals surface area contributed by atoms with Gasteiger partial charge in [-0.3, -0.25) is 0 Å². The number of nitrogens with zero attached hydrogens (tertiary/aromatic N) is 2. The molecule has 0 saturated heterocycles. The van der Waals surface area contributed by atoms with Crippen molar-refractivity contribution in [3.05, 3.63) is 88.0 Å². The van der Waals surface area contributed by atoms with Crippen LogP contribution in [0.25, 0.3) is 16.9 Å². The summed E-state index contributed by atoms with van der Waals surface area (Å²) < 4.78 is 1.40. The van der Waals surface area contributed by atoms with Crippen LogP contribution in [0.1, 0.15) is 75.1 Å². The predicted molar refractivity (Wildman–Crippen MR) is 119 cm³/mol.